The largest absolute Gasteiger partial charge is 0.349 e. The molecular formula is C15H17IN2. The Kier molecular flexibility index (Phi) is 3.43. The summed E-state index contributed by atoms with van der Waals surface area (Å²) in [7, 11) is 0. The maximum atomic E-state index is 6.16. The first kappa shape index (κ1) is 12.2. The van der Waals surface area contributed by atoms with E-state index in [2.05, 4.69) is 63.8 Å². The molecule has 0 saturated heterocycles. The molecule has 1 atom stereocenters. The van der Waals surface area contributed by atoms with Crippen molar-refractivity contribution in [3.8, 4) is 0 Å². The lowest BCUT2D eigenvalue weighted by Crippen LogP contribution is -2.15. The molecule has 0 aliphatic heterocycles. The van der Waals surface area contributed by atoms with Crippen LogP contribution in [0.3, 0.4) is 0 Å². The number of hydrogen-bond acceptors (Lipinski definition) is 1. The molecule has 3 heteroatoms. The summed E-state index contributed by atoms with van der Waals surface area (Å²) in [4.78, 5) is 0. The third-order valence-corrected chi connectivity index (χ3v) is 4.36. The lowest BCUT2D eigenvalue weighted by molar-refractivity contribution is 0.573. The van der Waals surface area contributed by atoms with Crippen molar-refractivity contribution in [2.45, 2.75) is 31.8 Å². The van der Waals surface area contributed by atoms with Crippen LogP contribution in [0.4, 0.5) is 0 Å². The Hall–Kier alpha value is -0.810. The van der Waals surface area contributed by atoms with Crippen LogP contribution < -0.4 is 5.73 Å². The lowest BCUT2D eigenvalue weighted by Gasteiger charge is -2.17. The van der Waals surface area contributed by atoms with Gasteiger partial charge in [0.15, 0.2) is 0 Å². The Bertz CT molecular complexity index is 542. The highest BCUT2D eigenvalue weighted by Crippen LogP contribution is 2.28. The zero-order valence-electron chi connectivity index (χ0n) is 10.3. The summed E-state index contributed by atoms with van der Waals surface area (Å²) in [6, 6.07) is 8.95. The summed E-state index contributed by atoms with van der Waals surface area (Å²) < 4.78 is 3.56. The molecule has 1 aliphatic carbocycles. The fourth-order valence-electron chi connectivity index (χ4n) is 2.68. The number of nitrogens with zero attached hydrogens (tertiary/aromatic N) is 1. The van der Waals surface area contributed by atoms with Crippen LogP contribution in [0.2, 0.25) is 0 Å². The highest BCUT2D eigenvalue weighted by atomic mass is 127. The average molecular weight is 352 g/mol. The quantitative estimate of drug-likeness (QED) is 0.825. The Balaban J connectivity index is 1.83. The lowest BCUT2D eigenvalue weighted by atomic mass is 9.92. The standard InChI is InChI=1S/C15H17IN2/c16-13-6-4-11(5-7-13)8-18-9-12-2-1-3-15(17)14(12)10-18/h4-7,9-10,15H,1-3,8,17H2. The van der Waals surface area contributed by atoms with E-state index < -0.39 is 0 Å². The van der Waals surface area contributed by atoms with Crippen LogP contribution in [0, 0.1) is 3.57 Å². The summed E-state index contributed by atoms with van der Waals surface area (Å²) in [5, 5.41) is 0. The molecule has 0 bridgehead atoms. The van der Waals surface area contributed by atoms with Gasteiger partial charge >= 0.3 is 0 Å². The molecular weight excluding hydrogens is 335 g/mol. The predicted molar refractivity (Wildman–Crippen MR) is 82.6 cm³/mol. The molecule has 1 aromatic heterocycles. The fourth-order valence-corrected chi connectivity index (χ4v) is 3.04. The molecule has 94 valence electrons. The number of benzene rings is 1. The molecule has 0 fully saturated rings. The highest BCUT2D eigenvalue weighted by Gasteiger charge is 2.18. The van der Waals surface area contributed by atoms with Crippen LogP contribution in [-0.4, -0.2) is 4.57 Å². The Morgan fingerprint density at radius 3 is 2.72 bits per heavy atom. The van der Waals surface area contributed by atoms with Crippen molar-refractivity contribution in [1.29, 1.82) is 0 Å². The minimum Gasteiger partial charge on any atom is -0.349 e. The summed E-state index contributed by atoms with van der Waals surface area (Å²) in [5.41, 5.74) is 10.3. The van der Waals surface area contributed by atoms with Gasteiger partial charge in [0.2, 0.25) is 0 Å². The van der Waals surface area contributed by atoms with E-state index in [0.29, 0.717) is 0 Å². The molecule has 2 nitrogen and oxygen atoms in total. The zero-order valence-corrected chi connectivity index (χ0v) is 12.4. The number of rotatable bonds is 2. The van der Waals surface area contributed by atoms with Gasteiger partial charge in [-0.25, -0.2) is 0 Å². The van der Waals surface area contributed by atoms with Crippen LogP contribution in [-0.2, 0) is 13.0 Å². The van der Waals surface area contributed by atoms with Gasteiger partial charge < -0.3 is 10.3 Å². The van der Waals surface area contributed by atoms with Crippen LogP contribution in [0.1, 0.15) is 35.6 Å². The smallest absolute Gasteiger partial charge is 0.0470 e. The molecule has 0 radical (unpaired) electrons. The first-order chi connectivity index (χ1) is 8.72. The van der Waals surface area contributed by atoms with Crippen LogP contribution in [0.5, 0.6) is 0 Å². The molecule has 1 heterocycles. The normalized spacial score (nSPS) is 18.7. The second-order valence-electron chi connectivity index (χ2n) is 5.04. The van der Waals surface area contributed by atoms with Gasteiger partial charge in [-0.05, 0) is 70.7 Å². The number of fused-ring (bicyclic) bond motifs is 1. The van der Waals surface area contributed by atoms with E-state index in [1.54, 1.807) is 0 Å². The van der Waals surface area contributed by atoms with Crippen molar-refractivity contribution < 1.29 is 0 Å². The van der Waals surface area contributed by atoms with E-state index in [-0.39, 0.29) is 6.04 Å². The molecule has 1 aliphatic rings. The van der Waals surface area contributed by atoms with E-state index in [9.17, 15) is 0 Å². The maximum absolute atomic E-state index is 6.16. The van der Waals surface area contributed by atoms with E-state index in [0.717, 1.165) is 13.0 Å². The van der Waals surface area contributed by atoms with Gasteiger partial charge in [-0.2, -0.15) is 0 Å². The maximum Gasteiger partial charge on any atom is 0.0470 e. The molecule has 18 heavy (non-hydrogen) atoms. The molecule has 0 spiro atoms. The summed E-state index contributed by atoms with van der Waals surface area (Å²) in [6.07, 6.45) is 8.04. The van der Waals surface area contributed by atoms with E-state index in [1.807, 2.05) is 0 Å². The van der Waals surface area contributed by atoms with Gasteiger partial charge in [0.05, 0.1) is 0 Å². The molecule has 0 amide bonds. The van der Waals surface area contributed by atoms with Crippen molar-refractivity contribution in [2.75, 3.05) is 0 Å². The first-order valence-corrected chi connectivity index (χ1v) is 7.49. The van der Waals surface area contributed by atoms with E-state index in [1.165, 1.54) is 33.1 Å². The molecule has 2 N–H and O–H groups in total. The number of hydrogen-bond donors (Lipinski definition) is 1. The van der Waals surface area contributed by atoms with Gasteiger partial charge in [0.25, 0.3) is 0 Å². The van der Waals surface area contributed by atoms with Crippen molar-refractivity contribution in [2.24, 2.45) is 5.73 Å². The number of aromatic nitrogens is 1. The van der Waals surface area contributed by atoms with Gasteiger partial charge in [0, 0.05) is 28.6 Å². The predicted octanol–water partition coefficient (Wildman–Crippen LogP) is 3.48. The first-order valence-electron chi connectivity index (χ1n) is 6.41. The van der Waals surface area contributed by atoms with Crippen LogP contribution in [0.15, 0.2) is 36.7 Å². The molecule has 1 aromatic carbocycles. The third-order valence-electron chi connectivity index (χ3n) is 3.64. The van der Waals surface area contributed by atoms with Gasteiger partial charge in [0.1, 0.15) is 0 Å². The molecule has 2 aromatic rings. The number of aryl methyl sites for hydroxylation is 1. The summed E-state index contributed by atoms with van der Waals surface area (Å²) in [5.74, 6) is 0. The minimum atomic E-state index is 0.242. The van der Waals surface area contributed by atoms with Crippen molar-refractivity contribution in [3.63, 3.8) is 0 Å². The summed E-state index contributed by atoms with van der Waals surface area (Å²) in [6.45, 7) is 0.941. The SMILES string of the molecule is NC1CCCc2cn(Cc3ccc(I)cc3)cc21. The third kappa shape index (κ3) is 2.47. The van der Waals surface area contributed by atoms with Gasteiger partial charge in [-0.1, -0.05) is 12.1 Å². The van der Waals surface area contributed by atoms with Gasteiger partial charge in [-0.3, -0.25) is 0 Å². The highest BCUT2D eigenvalue weighted by molar-refractivity contribution is 14.1. The van der Waals surface area contributed by atoms with Crippen LogP contribution >= 0.6 is 22.6 Å². The molecule has 3 rings (SSSR count). The zero-order chi connectivity index (χ0) is 12.5. The minimum absolute atomic E-state index is 0.242. The summed E-state index contributed by atoms with van der Waals surface area (Å²) >= 11 is 2.34. The average Bonchev–Trinajstić information content (AvgIpc) is 2.76. The van der Waals surface area contributed by atoms with Crippen molar-refractivity contribution in [1.82, 2.24) is 4.57 Å². The second kappa shape index (κ2) is 5.05. The molecule has 0 saturated carbocycles. The van der Waals surface area contributed by atoms with E-state index in [4.69, 9.17) is 5.73 Å². The van der Waals surface area contributed by atoms with Crippen LogP contribution in [0.25, 0.3) is 0 Å². The topological polar surface area (TPSA) is 30.9 Å². The fraction of sp³-hybridized carbons (Fsp3) is 0.333. The number of nitrogens with two attached hydrogens (primary N) is 1. The Morgan fingerprint density at radius 2 is 2.00 bits per heavy atom. The Morgan fingerprint density at radius 1 is 1.22 bits per heavy atom. The van der Waals surface area contributed by atoms with E-state index >= 15 is 0 Å². The second-order valence-corrected chi connectivity index (χ2v) is 6.28. The van der Waals surface area contributed by atoms with Crippen molar-refractivity contribution in [3.05, 3.63) is 56.9 Å². The number of halogens is 1. The Labute approximate surface area is 121 Å². The van der Waals surface area contributed by atoms with Crippen molar-refractivity contribution >= 4 is 22.6 Å². The molecule has 1 unspecified atom stereocenters. The van der Waals surface area contributed by atoms with Gasteiger partial charge in [-0.15, -0.1) is 0 Å². The monoisotopic (exact) mass is 352 g/mol.